The summed E-state index contributed by atoms with van der Waals surface area (Å²) in [5, 5.41) is 3.80. The predicted octanol–water partition coefficient (Wildman–Crippen LogP) is 3.17. The van der Waals surface area contributed by atoms with Gasteiger partial charge in [-0.2, -0.15) is 0 Å². The minimum atomic E-state index is 0.323. The fourth-order valence-electron chi connectivity index (χ4n) is 1.98. The Labute approximate surface area is 87.2 Å². The smallest absolute Gasteiger partial charge is 0.0458 e. The van der Waals surface area contributed by atoms with E-state index < -0.39 is 0 Å². The Kier molecular flexibility index (Phi) is 5.81. The summed E-state index contributed by atoms with van der Waals surface area (Å²) in [5.41, 5.74) is 0. The highest BCUT2D eigenvalue weighted by molar-refractivity contribution is 6.20. The molecule has 1 atom stereocenters. The number of hydrogen-bond donors (Lipinski definition) is 1. The van der Waals surface area contributed by atoms with E-state index in [0.717, 1.165) is 18.9 Å². The maximum absolute atomic E-state index is 6.02. The summed E-state index contributed by atoms with van der Waals surface area (Å²) in [6, 6.07) is 0. The van der Waals surface area contributed by atoms with Gasteiger partial charge in [0.05, 0.1) is 0 Å². The van der Waals surface area contributed by atoms with Crippen molar-refractivity contribution < 1.29 is 0 Å². The zero-order valence-corrected chi connectivity index (χ0v) is 9.45. The second-order valence-electron chi connectivity index (χ2n) is 4.17. The van der Waals surface area contributed by atoms with E-state index in [-0.39, 0.29) is 0 Å². The third-order valence-electron chi connectivity index (χ3n) is 2.97. The fraction of sp³-hybridized carbons (Fsp3) is 1.00. The van der Waals surface area contributed by atoms with Crippen LogP contribution in [0.2, 0.25) is 0 Å². The zero-order chi connectivity index (χ0) is 9.52. The Bertz CT molecular complexity index is 121. The van der Waals surface area contributed by atoms with Crippen LogP contribution in [-0.2, 0) is 0 Å². The predicted molar refractivity (Wildman–Crippen MR) is 59.4 cm³/mol. The Morgan fingerprint density at radius 2 is 2.00 bits per heavy atom. The van der Waals surface area contributed by atoms with Gasteiger partial charge in [-0.1, -0.05) is 26.2 Å². The molecule has 0 spiro atoms. The van der Waals surface area contributed by atoms with Crippen molar-refractivity contribution in [3.63, 3.8) is 0 Å². The SMILES string of the molecule is CCC(Cl)CNCC1CCCCC1. The van der Waals surface area contributed by atoms with Crippen molar-refractivity contribution in [1.82, 2.24) is 5.32 Å². The summed E-state index contributed by atoms with van der Waals surface area (Å²) in [4.78, 5) is 0. The number of nitrogens with one attached hydrogen (secondary N) is 1. The molecule has 0 saturated heterocycles. The highest BCUT2D eigenvalue weighted by Gasteiger charge is 2.12. The first-order valence-corrected chi connectivity index (χ1v) is 6.11. The van der Waals surface area contributed by atoms with Crippen molar-refractivity contribution in [3.05, 3.63) is 0 Å². The lowest BCUT2D eigenvalue weighted by Crippen LogP contribution is -2.29. The molecule has 0 bridgehead atoms. The van der Waals surface area contributed by atoms with E-state index in [4.69, 9.17) is 11.6 Å². The van der Waals surface area contributed by atoms with Crippen molar-refractivity contribution in [2.75, 3.05) is 13.1 Å². The van der Waals surface area contributed by atoms with Crippen LogP contribution in [0, 0.1) is 5.92 Å². The van der Waals surface area contributed by atoms with Gasteiger partial charge in [0.25, 0.3) is 0 Å². The Balaban J connectivity index is 1.98. The lowest BCUT2D eigenvalue weighted by molar-refractivity contribution is 0.342. The highest BCUT2D eigenvalue weighted by atomic mass is 35.5. The molecule has 0 aliphatic heterocycles. The Morgan fingerprint density at radius 3 is 2.62 bits per heavy atom. The molecule has 0 radical (unpaired) electrons. The second-order valence-corrected chi connectivity index (χ2v) is 4.79. The molecule has 1 rings (SSSR count). The van der Waals surface area contributed by atoms with Crippen LogP contribution in [0.5, 0.6) is 0 Å². The van der Waals surface area contributed by atoms with Crippen molar-refractivity contribution in [1.29, 1.82) is 0 Å². The maximum atomic E-state index is 6.02. The van der Waals surface area contributed by atoms with Crippen LogP contribution in [-0.4, -0.2) is 18.5 Å². The Hall–Kier alpha value is 0.250. The quantitative estimate of drug-likeness (QED) is 0.677. The molecule has 1 aliphatic carbocycles. The van der Waals surface area contributed by atoms with E-state index in [1.165, 1.54) is 38.6 Å². The average molecular weight is 204 g/mol. The lowest BCUT2D eigenvalue weighted by atomic mass is 9.89. The van der Waals surface area contributed by atoms with Crippen LogP contribution in [0.15, 0.2) is 0 Å². The second kappa shape index (κ2) is 6.67. The number of hydrogen-bond acceptors (Lipinski definition) is 1. The first-order valence-electron chi connectivity index (χ1n) is 5.67. The summed E-state index contributed by atoms with van der Waals surface area (Å²) in [5.74, 6) is 0.925. The molecule has 1 aliphatic rings. The topological polar surface area (TPSA) is 12.0 Å². The van der Waals surface area contributed by atoms with E-state index in [1.54, 1.807) is 0 Å². The van der Waals surface area contributed by atoms with Gasteiger partial charge < -0.3 is 5.32 Å². The number of alkyl halides is 1. The van der Waals surface area contributed by atoms with E-state index >= 15 is 0 Å². The van der Waals surface area contributed by atoms with Crippen LogP contribution < -0.4 is 5.32 Å². The molecule has 1 nitrogen and oxygen atoms in total. The van der Waals surface area contributed by atoms with Gasteiger partial charge in [-0.15, -0.1) is 11.6 Å². The molecule has 78 valence electrons. The molecule has 1 unspecified atom stereocenters. The Morgan fingerprint density at radius 1 is 1.31 bits per heavy atom. The monoisotopic (exact) mass is 203 g/mol. The van der Waals surface area contributed by atoms with Crippen molar-refractivity contribution in [2.45, 2.75) is 50.8 Å². The van der Waals surface area contributed by atoms with Gasteiger partial charge in [0, 0.05) is 11.9 Å². The normalized spacial score (nSPS) is 21.7. The first kappa shape index (κ1) is 11.3. The summed E-state index contributed by atoms with van der Waals surface area (Å²) in [6.45, 7) is 4.30. The molecule has 2 heteroatoms. The molecule has 0 amide bonds. The summed E-state index contributed by atoms with van der Waals surface area (Å²) in [6.07, 6.45) is 8.23. The van der Waals surface area contributed by atoms with Gasteiger partial charge in [0.1, 0.15) is 0 Å². The third-order valence-corrected chi connectivity index (χ3v) is 3.43. The zero-order valence-electron chi connectivity index (χ0n) is 8.69. The largest absolute Gasteiger partial charge is 0.315 e. The highest BCUT2D eigenvalue weighted by Crippen LogP contribution is 2.22. The summed E-state index contributed by atoms with van der Waals surface area (Å²) >= 11 is 6.02. The minimum absolute atomic E-state index is 0.323. The molecular weight excluding hydrogens is 182 g/mol. The van der Waals surface area contributed by atoms with E-state index in [0.29, 0.717) is 5.38 Å². The average Bonchev–Trinajstić information content (AvgIpc) is 2.19. The maximum Gasteiger partial charge on any atom is 0.0458 e. The van der Waals surface area contributed by atoms with Crippen LogP contribution in [0.4, 0.5) is 0 Å². The van der Waals surface area contributed by atoms with Gasteiger partial charge >= 0.3 is 0 Å². The van der Waals surface area contributed by atoms with Gasteiger partial charge in [0.15, 0.2) is 0 Å². The van der Waals surface area contributed by atoms with Crippen molar-refractivity contribution in [3.8, 4) is 0 Å². The van der Waals surface area contributed by atoms with Gasteiger partial charge in [-0.3, -0.25) is 0 Å². The standard InChI is InChI=1S/C11H22ClN/c1-2-11(12)9-13-8-10-6-4-3-5-7-10/h10-11,13H,2-9H2,1H3. The molecule has 0 heterocycles. The number of rotatable bonds is 5. The lowest BCUT2D eigenvalue weighted by Gasteiger charge is -2.22. The fourth-order valence-corrected chi connectivity index (χ4v) is 2.09. The molecule has 13 heavy (non-hydrogen) atoms. The van der Waals surface area contributed by atoms with Crippen LogP contribution >= 0.6 is 11.6 Å². The summed E-state index contributed by atoms with van der Waals surface area (Å²) in [7, 11) is 0. The van der Waals surface area contributed by atoms with Crippen molar-refractivity contribution in [2.24, 2.45) is 5.92 Å². The minimum Gasteiger partial charge on any atom is -0.315 e. The summed E-state index contributed by atoms with van der Waals surface area (Å²) < 4.78 is 0. The van der Waals surface area contributed by atoms with Gasteiger partial charge in [-0.25, -0.2) is 0 Å². The molecule has 1 saturated carbocycles. The molecule has 0 aromatic rings. The number of halogens is 1. The first-order chi connectivity index (χ1) is 6.33. The van der Waals surface area contributed by atoms with E-state index in [9.17, 15) is 0 Å². The molecular formula is C11H22ClN. The molecule has 0 aromatic heterocycles. The van der Waals surface area contributed by atoms with Crippen molar-refractivity contribution >= 4 is 11.6 Å². The molecule has 1 N–H and O–H groups in total. The van der Waals surface area contributed by atoms with E-state index in [2.05, 4.69) is 12.2 Å². The van der Waals surface area contributed by atoms with E-state index in [1.807, 2.05) is 0 Å². The van der Waals surface area contributed by atoms with Crippen LogP contribution in [0.3, 0.4) is 0 Å². The van der Waals surface area contributed by atoms with Gasteiger partial charge in [0.2, 0.25) is 0 Å². The molecule has 0 aromatic carbocycles. The third kappa shape index (κ3) is 4.87. The molecule has 1 fully saturated rings. The van der Waals surface area contributed by atoms with Gasteiger partial charge in [-0.05, 0) is 31.7 Å². The van der Waals surface area contributed by atoms with Crippen LogP contribution in [0.25, 0.3) is 0 Å². The van der Waals surface area contributed by atoms with Crippen LogP contribution in [0.1, 0.15) is 45.4 Å².